The minimum atomic E-state index is 0. The molecule has 0 saturated heterocycles. The molecule has 92 valence electrons. The Balaban J connectivity index is -0.0000000638. The summed E-state index contributed by atoms with van der Waals surface area (Å²) in [5, 5.41) is 0. The Morgan fingerprint density at radius 2 is 1.19 bits per heavy atom. The third kappa shape index (κ3) is 23.9. The van der Waals surface area contributed by atoms with Crippen LogP contribution >= 0.6 is 0 Å². The molecule has 0 aromatic carbocycles. The van der Waals surface area contributed by atoms with E-state index in [2.05, 4.69) is 24.3 Å². The van der Waals surface area contributed by atoms with Gasteiger partial charge in [-0.1, -0.05) is 0 Å². The molecule has 2 rings (SSSR count). The summed E-state index contributed by atoms with van der Waals surface area (Å²) in [5.41, 5.74) is 0. The number of halogens is 2. The standard InChI is InChI=1S/2C5H5.C3H7.2ClH.Hf/c2*1-2-4-5-3-1;1-3-2;;;/h2*1-3H,4H2;3H,1-2H3;2*1H;/q3*-1;;;/p-2. The molecule has 2 aliphatic carbocycles. The van der Waals surface area contributed by atoms with E-state index in [4.69, 9.17) is 0 Å². The maximum atomic E-state index is 2.99. The largest absolute Gasteiger partial charge is 1.00 e. The Bertz CT molecular complexity index is 164. The van der Waals surface area contributed by atoms with Crippen molar-refractivity contribution in [3.63, 3.8) is 0 Å². The van der Waals surface area contributed by atoms with Gasteiger partial charge in [0.25, 0.3) is 0 Å². The minimum Gasteiger partial charge on any atom is -1.00 e. The summed E-state index contributed by atoms with van der Waals surface area (Å²) >= 11 is 0. The molecule has 0 amide bonds. The molecule has 0 unspecified atom stereocenters. The number of hydrogen-bond donors (Lipinski definition) is 0. The summed E-state index contributed by atoms with van der Waals surface area (Å²) in [6.45, 7) is 4.00. The summed E-state index contributed by atoms with van der Waals surface area (Å²) in [4.78, 5) is 0. The topological polar surface area (TPSA) is 0 Å². The van der Waals surface area contributed by atoms with E-state index in [1.165, 1.54) is 0 Å². The van der Waals surface area contributed by atoms with Crippen LogP contribution in [0.3, 0.4) is 0 Å². The molecule has 0 fully saturated rings. The fraction of sp³-hybridized carbons (Fsp3) is 0.308. The van der Waals surface area contributed by atoms with Crippen LogP contribution in [0.25, 0.3) is 0 Å². The van der Waals surface area contributed by atoms with Crippen molar-refractivity contribution in [2.75, 3.05) is 0 Å². The van der Waals surface area contributed by atoms with Crippen LogP contribution in [0.2, 0.25) is 0 Å². The van der Waals surface area contributed by atoms with Crippen LogP contribution in [-0.4, -0.2) is 0 Å². The van der Waals surface area contributed by atoms with E-state index in [0.29, 0.717) is 0 Å². The maximum Gasteiger partial charge on any atom is 0 e. The average molecular weight is 423 g/mol. The van der Waals surface area contributed by atoms with E-state index in [9.17, 15) is 0 Å². The quantitative estimate of drug-likeness (QED) is 0.308. The van der Waals surface area contributed by atoms with Gasteiger partial charge in [0.2, 0.25) is 0 Å². The Morgan fingerprint density at radius 3 is 1.25 bits per heavy atom. The van der Waals surface area contributed by atoms with Crippen LogP contribution in [0.1, 0.15) is 26.7 Å². The van der Waals surface area contributed by atoms with Gasteiger partial charge in [-0.25, -0.2) is 24.3 Å². The van der Waals surface area contributed by atoms with Crippen molar-refractivity contribution in [2.45, 2.75) is 26.7 Å². The van der Waals surface area contributed by atoms with Crippen molar-refractivity contribution >= 4 is 0 Å². The summed E-state index contributed by atoms with van der Waals surface area (Å²) in [6, 6.07) is 0. The van der Waals surface area contributed by atoms with Crippen molar-refractivity contribution in [1.82, 2.24) is 0 Å². The third-order valence-electron chi connectivity index (χ3n) is 1.17. The maximum absolute atomic E-state index is 2.99. The first-order valence-corrected chi connectivity index (χ1v) is 4.59. The van der Waals surface area contributed by atoms with E-state index in [1.807, 2.05) is 44.6 Å². The van der Waals surface area contributed by atoms with Crippen molar-refractivity contribution in [2.24, 2.45) is 0 Å². The molecule has 0 bridgehead atoms. The monoisotopic (exact) mass is 423 g/mol. The van der Waals surface area contributed by atoms with E-state index in [-0.39, 0.29) is 50.7 Å². The number of allylic oxidation sites excluding steroid dienone is 8. The van der Waals surface area contributed by atoms with Gasteiger partial charge in [0.05, 0.1) is 0 Å². The van der Waals surface area contributed by atoms with Crippen molar-refractivity contribution in [3.05, 3.63) is 55.0 Å². The molecule has 0 aromatic rings. The molecule has 16 heavy (non-hydrogen) atoms. The van der Waals surface area contributed by atoms with Crippen LogP contribution in [0.15, 0.2) is 36.5 Å². The average Bonchev–Trinajstić information content (AvgIpc) is 2.85. The molecule has 0 radical (unpaired) electrons. The SMILES string of the molecule is C[CH-]C.[C-]1=CC=CC1.[C-]1=CC=CC1.[Cl-].[Cl-].[Hf]. The van der Waals surface area contributed by atoms with Crippen LogP contribution in [0, 0.1) is 18.6 Å². The Hall–Kier alpha value is 0.410. The fourth-order valence-corrected chi connectivity index (χ4v) is 0.680. The summed E-state index contributed by atoms with van der Waals surface area (Å²) in [5.74, 6) is 0. The first-order chi connectivity index (χ1) is 6.41. The molecule has 0 saturated carbocycles. The summed E-state index contributed by atoms with van der Waals surface area (Å²) < 4.78 is 0. The van der Waals surface area contributed by atoms with Crippen LogP contribution in [0.4, 0.5) is 0 Å². The van der Waals surface area contributed by atoms with Gasteiger partial charge in [0, 0.05) is 25.8 Å². The van der Waals surface area contributed by atoms with Crippen molar-refractivity contribution in [1.29, 1.82) is 0 Å². The molecule has 0 spiro atoms. The molecule has 0 N–H and O–H groups in total. The molecule has 0 nitrogen and oxygen atoms in total. The van der Waals surface area contributed by atoms with E-state index < -0.39 is 0 Å². The van der Waals surface area contributed by atoms with Gasteiger partial charge >= 0.3 is 0 Å². The molecule has 0 aromatic heterocycles. The first kappa shape index (κ1) is 25.3. The van der Waals surface area contributed by atoms with Gasteiger partial charge in [-0.3, -0.25) is 12.2 Å². The van der Waals surface area contributed by atoms with Crippen LogP contribution in [0.5, 0.6) is 0 Å². The van der Waals surface area contributed by atoms with E-state index >= 15 is 0 Å². The van der Waals surface area contributed by atoms with Gasteiger partial charge in [-0.2, -0.15) is 26.0 Å². The fourth-order valence-electron chi connectivity index (χ4n) is 0.680. The second kappa shape index (κ2) is 24.6. The molecule has 0 heterocycles. The first-order valence-electron chi connectivity index (χ1n) is 4.59. The van der Waals surface area contributed by atoms with Gasteiger partial charge in [0.1, 0.15) is 0 Å². The van der Waals surface area contributed by atoms with Crippen LogP contribution < -0.4 is 24.8 Å². The van der Waals surface area contributed by atoms with E-state index in [0.717, 1.165) is 12.8 Å². The molecule has 0 atom stereocenters. The molecule has 2 aliphatic rings. The van der Waals surface area contributed by atoms with Gasteiger partial charge in [0.15, 0.2) is 0 Å². The zero-order valence-electron chi connectivity index (χ0n) is 9.71. The molecule has 0 aliphatic heterocycles. The number of hydrogen-bond acceptors (Lipinski definition) is 0. The molecule has 3 heteroatoms. The molecular formula is C13H17Cl2Hf-5. The zero-order valence-corrected chi connectivity index (χ0v) is 14.8. The third-order valence-corrected chi connectivity index (χ3v) is 1.17. The zero-order chi connectivity index (χ0) is 9.78. The summed E-state index contributed by atoms with van der Waals surface area (Å²) in [6.07, 6.45) is 22.0. The van der Waals surface area contributed by atoms with Crippen molar-refractivity contribution in [3.8, 4) is 0 Å². The van der Waals surface area contributed by atoms with Gasteiger partial charge in [-0.15, -0.1) is 12.8 Å². The van der Waals surface area contributed by atoms with Crippen LogP contribution in [-0.2, 0) is 25.8 Å². The van der Waals surface area contributed by atoms with Gasteiger partial charge < -0.3 is 31.2 Å². The number of rotatable bonds is 0. The summed E-state index contributed by atoms with van der Waals surface area (Å²) in [7, 11) is 0. The normalized spacial score (nSPS) is 12.1. The van der Waals surface area contributed by atoms with Gasteiger partial charge in [-0.05, 0) is 0 Å². The van der Waals surface area contributed by atoms with E-state index in [1.54, 1.807) is 0 Å². The smallest absolute Gasteiger partial charge is 0 e. The van der Waals surface area contributed by atoms with Crippen molar-refractivity contribution < 1.29 is 50.7 Å². The minimum absolute atomic E-state index is 0. The second-order valence-corrected chi connectivity index (χ2v) is 2.58. The Kier molecular flexibility index (Phi) is 38.9. The molecular weight excluding hydrogens is 406 g/mol. The predicted molar refractivity (Wildman–Crippen MR) is 58.8 cm³/mol. The Morgan fingerprint density at radius 1 is 0.875 bits per heavy atom. The second-order valence-electron chi connectivity index (χ2n) is 2.58. The predicted octanol–water partition coefficient (Wildman–Crippen LogP) is -2.15. The Labute approximate surface area is 132 Å².